The Bertz CT molecular complexity index is 705. The molecule has 3 rings (SSSR count). The summed E-state index contributed by atoms with van der Waals surface area (Å²) in [4.78, 5) is 7.39. The summed E-state index contributed by atoms with van der Waals surface area (Å²) >= 11 is 0. The number of rotatable bonds is 1. The molecule has 0 bridgehead atoms. The molecule has 3 heteroatoms. The summed E-state index contributed by atoms with van der Waals surface area (Å²) in [5.74, 6) is 0.373. The first kappa shape index (κ1) is 10.8. The molecule has 0 aliphatic heterocycles. The summed E-state index contributed by atoms with van der Waals surface area (Å²) in [6, 6.07) is 8.03. The van der Waals surface area contributed by atoms with E-state index in [-0.39, 0.29) is 0 Å². The van der Waals surface area contributed by atoms with Crippen LogP contribution in [-0.4, -0.2) is 15.1 Å². The fraction of sp³-hybridized carbons (Fsp3) is 0.133. The van der Waals surface area contributed by atoms with Gasteiger partial charge in [-0.2, -0.15) is 0 Å². The van der Waals surface area contributed by atoms with Crippen molar-refractivity contribution in [1.82, 2.24) is 9.97 Å². The Kier molecular flexibility index (Phi) is 2.33. The van der Waals surface area contributed by atoms with E-state index in [2.05, 4.69) is 9.97 Å². The van der Waals surface area contributed by atoms with Crippen molar-refractivity contribution in [3.8, 4) is 16.9 Å². The number of nitrogens with zero attached hydrogens (tertiary/aromatic N) is 1. The van der Waals surface area contributed by atoms with E-state index in [1.807, 2.05) is 44.3 Å². The van der Waals surface area contributed by atoms with Crippen LogP contribution in [0.2, 0.25) is 0 Å². The molecule has 1 aromatic carbocycles. The zero-order chi connectivity index (χ0) is 12.7. The molecule has 0 unspecified atom stereocenters. The van der Waals surface area contributed by atoms with Crippen LogP contribution >= 0.6 is 0 Å². The molecule has 2 heterocycles. The van der Waals surface area contributed by atoms with Crippen molar-refractivity contribution in [1.29, 1.82) is 0 Å². The van der Waals surface area contributed by atoms with Crippen molar-refractivity contribution in [2.45, 2.75) is 13.8 Å². The van der Waals surface area contributed by atoms with Gasteiger partial charge >= 0.3 is 0 Å². The van der Waals surface area contributed by atoms with Crippen LogP contribution in [-0.2, 0) is 0 Å². The molecule has 0 radical (unpaired) electrons. The summed E-state index contributed by atoms with van der Waals surface area (Å²) in [7, 11) is 0. The number of aromatic amines is 1. The molecular formula is C15H14N2O. The lowest BCUT2D eigenvalue weighted by molar-refractivity contribution is 0.467. The van der Waals surface area contributed by atoms with Crippen molar-refractivity contribution in [2.24, 2.45) is 0 Å². The molecule has 0 spiro atoms. The molecule has 0 amide bonds. The van der Waals surface area contributed by atoms with Crippen molar-refractivity contribution in [2.75, 3.05) is 0 Å². The van der Waals surface area contributed by atoms with E-state index >= 15 is 0 Å². The Labute approximate surface area is 105 Å². The van der Waals surface area contributed by atoms with Crippen LogP contribution in [0.3, 0.4) is 0 Å². The van der Waals surface area contributed by atoms with E-state index in [1.165, 1.54) is 0 Å². The number of aromatic nitrogens is 2. The Balaban J connectivity index is 2.29. The number of hydrogen-bond acceptors (Lipinski definition) is 2. The minimum Gasteiger partial charge on any atom is -0.507 e. The highest BCUT2D eigenvalue weighted by Gasteiger charge is 2.08. The first-order valence-electron chi connectivity index (χ1n) is 5.89. The second-order valence-electron chi connectivity index (χ2n) is 4.56. The number of benzene rings is 1. The normalized spacial score (nSPS) is 11.0. The van der Waals surface area contributed by atoms with Gasteiger partial charge in [0, 0.05) is 17.8 Å². The summed E-state index contributed by atoms with van der Waals surface area (Å²) in [5, 5.41) is 10.9. The van der Waals surface area contributed by atoms with Crippen LogP contribution in [0.1, 0.15) is 11.1 Å². The van der Waals surface area contributed by atoms with E-state index in [4.69, 9.17) is 0 Å². The maximum absolute atomic E-state index is 9.83. The third kappa shape index (κ3) is 1.56. The molecular weight excluding hydrogens is 224 g/mol. The number of nitrogens with one attached hydrogen (secondary N) is 1. The number of fused-ring (bicyclic) bond motifs is 1. The van der Waals surface area contributed by atoms with E-state index in [1.54, 1.807) is 6.20 Å². The number of phenolic OH excluding ortho intramolecular Hbond substituents is 1. The SMILES string of the molecule is Cc1cc(-c2ccnc3[nH]ccc23)cc(C)c1O. The highest BCUT2D eigenvalue weighted by atomic mass is 16.3. The number of H-pyrrole nitrogens is 1. The minimum absolute atomic E-state index is 0.373. The topological polar surface area (TPSA) is 48.9 Å². The number of aromatic hydroxyl groups is 1. The maximum atomic E-state index is 9.83. The van der Waals surface area contributed by atoms with Gasteiger partial charge < -0.3 is 10.1 Å². The Morgan fingerprint density at radius 2 is 1.83 bits per heavy atom. The lowest BCUT2D eigenvalue weighted by Gasteiger charge is -2.09. The highest BCUT2D eigenvalue weighted by molar-refractivity contribution is 5.93. The number of pyridine rings is 1. The third-order valence-corrected chi connectivity index (χ3v) is 3.26. The smallest absolute Gasteiger partial charge is 0.137 e. The van der Waals surface area contributed by atoms with Gasteiger partial charge in [0.25, 0.3) is 0 Å². The van der Waals surface area contributed by atoms with Crippen molar-refractivity contribution in [3.05, 3.63) is 47.8 Å². The standard InChI is InChI=1S/C15H14N2O/c1-9-7-11(8-10(2)14(9)18)12-3-5-16-15-13(12)4-6-17-15/h3-8,18H,1-2H3,(H,16,17). The van der Waals surface area contributed by atoms with Gasteiger partial charge in [-0.25, -0.2) is 4.98 Å². The highest BCUT2D eigenvalue weighted by Crippen LogP contribution is 2.32. The van der Waals surface area contributed by atoms with Crippen molar-refractivity contribution >= 4 is 11.0 Å². The molecule has 18 heavy (non-hydrogen) atoms. The predicted octanol–water partition coefficient (Wildman–Crippen LogP) is 3.55. The Hall–Kier alpha value is -2.29. The predicted molar refractivity (Wildman–Crippen MR) is 72.7 cm³/mol. The number of phenols is 1. The van der Waals surface area contributed by atoms with Gasteiger partial charge in [-0.3, -0.25) is 0 Å². The van der Waals surface area contributed by atoms with Gasteiger partial charge in [-0.1, -0.05) is 0 Å². The van der Waals surface area contributed by atoms with Gasteiger partial charge in [-0.15, -0.1) is 0 Å². The first-order chi connectivity index (χ1) is 8.66. The monoisotopic (exact) mass is 238 g/mol. The molecule has 0 saturated carbocycles. The van der Waals surface area contributed by atoms with E-state index in [0.717, 1.165) is 33.3 Å². The number of aryl methyl sites for hydroxylation is 2. The molecule has 0 saturated heterocycles. The maximum Gasteiger partial charge on any atom is 0.137 e. The van der Waals surface area contributed by atoms with Crippen LogP contribution in [0.4, 0.5) is 0 Å². The van der Waals surface area contributed by atoms with E-state index < -0.39 is 0 Å². The average molecular weight is 238 g/mol. The van der Waals surface area contributed by atoms with Gasteiger partial charge in [0.2, 0.25) is 0 Å². The van der Waals surface area contributed by atoms with E-state index in [9.17, 15) is 5.11 Å². The average Bonchev–Trinajstić information content (AvgIpc) is 2.83. The van der Waals surface area contributed by atoms with Gasteiger partial charge in [0.15, 0.2) is 0 Å². The molecule has 0 atom stereocenters. The minimum atomic E-state index is 0.373. The Morgan fingerprint density at radius 1 is 1.11 bits per heavy atom. The van der Waals surface area contributed by atoms with Crippen molar-refractivity contribution in [3.63, 3.8) is 0 Å². The van der Waals surface area contributed by atoms with Crippen molar-refractivity contribution < 1.29 is 5.11 Å². The zero-order valence-electron chi connectivity index (χ0n) is 10.4. The fourth-order valence-corrected chi connectivity index (χ4v) is 2.32. The molecule has 0 aliphatic rings. The molecule has 0 fully saturated rings. The van der Waals surface area contributed by atoms with Crippen LogP contribution in [0.25, 0.3) is 22.2 Å². The van der Waals surface area contributed by atoms with E-state index in [0.29, 0.717) is 5.75 Å². The summed E-state index contributed by atoms with van der Waals surface area (Å²) in [6.07, 6.45) is 3.69. The molecule has 3 aromatic rings. The lowest BCUT2D eigenvalue weighted by Crippen LogP contribution is -1.86. The first-order valence-corrected chi connectivity index (χ1v) is 5.89. The largest absolute Gasteiger partial charge is 0.507 e. The van der Waals surface area contributed by atoms with Gasteiger partial charge in [-0.05, 0) is 60.4 Å². The molecule has 90 valence electrons. The third-order valence-electron chi connectivity index (χ3n) is 3.26. The summed E-state index contributed by atoms with van der Waals surface area (Å²) < 4.78 is 0. The van der Waals surface area contributed by atoms with Gasteiger partial charge in [0.1, 0.15) is 11.4 Å². The fourth-order valence-electron chi connectivity index (χ4n) is 2.32. The van der Waals surface area contributed by atoms with Crippen LogP contribution in [0.5, 0.6) is 5.75 Å². The molecule has 3 nitrogen and oxygen atoms in total. The summed E-state index contributed by atoms with van der Waals surface area (Å²) in [5.41, 5.74) is 4.91. The second kappa shape index (κ2) is 3.88. The molecule has 0 aliphatic carbocycles. The molecule has 2 aromatic heterocycles. The lowest BCUT2D eigenvalue weighted by atomic mass is 9.98. The van der Waals surface area contributed by atoms with Crippen LogP contribution < -0.4 is 0 Å². The second-order valence-corrected chi connectivity index (χ2v) is 4.56. The van der Waals surface area contributed by atoms with Crippen LogP contribution in [0.15, 0.2) is 36.7 Å². The quantitative estimate of drug-likeness (QED) is 0.681. The Morgan fingerprint density at radius 3 is 2.56 bits per heavy atom. The number of hydrogen-bond donors (Lipinski definition) is 2. The molecule has 2 N–H and O–H groups in total. The zero-order valence-corrected chi connectivity index (χ0v) is 10.4. The van der Waals surface area contributed by atoms with Crippen LogP contribution in [0, 0.1) is 13.8 Å². The summed E-state index contributed by atoms with van der Waals surface area (Å²) in [6.45, 7) is 3.84. The van der Waals surface area contributed by atoms with Gasteiger partial charge in [0.05, 0.1) is 0 Å².